The van der Waals surface area contributed by atoms with Crippen LogP contribution in [0.5, 0.6) is 0 Å². The number of hydrogen-bond donors (Lipinski definition) is 3. The molecule has 0 aliphatic carbocycles. The third kappa shape index (κ3) is 46.4. The summed E-state index contributed by atoms with van der Waals surface area (Å²) in [5.41, 5.74) is 0. The standard InChI is InChI=1S/C52H85O9P/c1-3-5-7-9-11-13-15-17-19-21-23-25-26-28-30-32-34-36-38-40-42-44-52(55)61-51(49-60-62(56,57)59-47-50(54)46-53)48-58-45-43-41-39-37-35-33-31-29-27-24-22-20-18-16-14-12-10-8-6-4-2/h5-8,11-14,17-20,23-25,27,31,33,37,39,50-51,53-54H,3-4,9-10,15-16,21-22,26,28-30,32,34-36,38,40-49H2,1-2H3,(H,56,57)/b7-5-,8-6-,13-11-,14-12-,19-17-,20-18-,25-23-,27-24-,33-31-,39-37-. The highest BCUT2D eigenvalue weighted by molar-refractivity contribution is 7.47. The second-order valence-corrected chi connectivity index (χ2v) is 16.5. The lowest BCUT2D eigenvalue weighted by atomic mass is 10.1. The Balaban J connectivity index is 4.28. The van der Waals surface area contributed by atoms with Gasteiger partial charge in [-0.05, 0) is 96.3 Å². The third-order valence-electron chi connectivity index (χ3n) is 9.14. The molecule has 9 nitrogen and oxygen atoms in total. The summed E-state index contributed by atoms with van der Waals surface area (Å²) in [6.07, 6.45) is 63.1. The van der Waals surface area contributed by atoms with E-state index in [1.165, 1.54) is 25.7 Å². The van der Waals surface area contributed by atoms with E-state index in [1.54, 1.807) is 0 Å². The molecular weight excluding hydrogens is 800 g/mol. The van der Waals surface area contributed by atoms with Gasteiger partial charge in [0.25, 0.3) is 0 Å². The fraction of sp³-hybridized carbons (Fsp3) is 0.596. The predicted octanol–water partition coefficient (Wildman–Crippen LogP) is 13.6. The number of ether oxygens (including phenoxy) is 2. The molecule has 3 atom stereocenters. The molecule has 3 N–H and O–H groups in total. The Morgan fingerprint density at radius 2 is 0.871 bits per heavy atom. The van der Waals surface area contributed by atoms with Crippen LogP contribution < -0.4 is 0 Å². The highest BCUT2D eigenvalue weighted by Gasteiger charge is 2.26. The Hall–Kier alpha value is -3.14. The van der Waals surface area contributed by atoms with Crippen LogP contribution in [0.25, 0.3) is 0 Å². The number of carbonyl (C=O) groups excluding carboxylic acids is 1. The molecule has 0 aliphatic heterocycles. The van der Waals surface area contributed by atoms with Crippen LogP contribution in [0.15, 0.2) is 122 Å². The Morgan fingerprint density at radius 3 is 1.31 bits per heavy atom. The number of aliphatic hydroxyl groups excluding tert-OH is 2. The van der Waals surface area contributed by atoms with E-state index in [1.807, 2.05) is 0 Å². The Bertz CT molecular complexity index is 1370. The van der Waals surface area contributed by atoms with Gasteiger partial charge in [0, 0.05) is 13.0 Å². The summed E-state index contributed by atoms with van der Waals surface area (Å²) in [7, 11) is -4.55. The van der Waals surface area contributed by atoms with Crippen molar-refractivity contribution in [2.75, 3.05) is 33.0 Å². The lowest BCUT2D eigenvalue weighted by molar-refractivity contribution is -0.154. The summed E-state index contributed by atoms with van der Waals surface area (Å²) < 4.78 is 33.4. The summed E-state index contributed by atoms with van der Waals surface area (Å²) in [6, 6.07) is 0. The normalized spacial score (nSPS) is 15.0. The van der Waals surface area contributed by atoms with Crippen molar-refractivity contribution in [2.24, 2.45) is 0 Å². The molecule has 10 heteroatoms. The maximum atomic E-state index is 12.7. The molecule has 0 fully saturated rings. The number of phosphoric acid groups is 1. The van der Waals surface area contributed by atoms with E-state index in [0.29, 0.717) is 13.0 Å². The molecule has 0 saturated heterocycles. The van der Waals surface area contributed by atoms with Crippen molar-refractivity contribution in [3.8, 4) is 0 Å². The molecule has 0 bridgehead atoms. The van der Waals surface area contributed by atoms with E-state index in [0.717, 1.165) is 103 Å². The fourth-order valence-corrected chi connectivity index (χ4v) is 6.45. The van der Waals surface area contributed by atoms with E-state index in [4.69, 9.17) is 23.6 Å². The van der Waals surface area contributed by atoms with Crippen molar-refractivity contribution < 1.29 is 43.0 Å². The molecule has 0 aliphatic rings. The predicted molar refractivity (Wildman–Crippen MR) is 260 cm³/mol. The molecule has 0 aromatic rings. The average molecular weight is 885 g/mol. The number of aliphatic hydroxyl groups is 2. The molecule has 0 aromatic carbocycles. The van der Waals surface area contributed by atoms with Gasteiger partial charge in [0.15, 0.2) is 0 Å². The molecule has 0 amide bonds. The van der Waals surface area contributed by atoms with Gasteiger partial charge in [0.05, 0.1) is 26.4 Å². The van der Waals surface area contributed by atoms with Crippen LogP contribution in [0, 0.1) is 0 Å². The SMILES string of the molecule is CC/C=C\C/C=C\C/C=C\C/C=C\C/C=C\C/C=C\CCCOCC(COP(=O)(O)OCC(O)CO)OC(=O)CCCCCCCCCC/C=C\C/C=C\C/C=C\C/C=C\CC. The molecule has 0 rings (SSSR count). The summed E-state index contributed by atoms with van der Waals surface area (Å²) in [5, 5.41) is 18.4. The number of carbonyl (C=O) groups is 1. The number of phosphoric ester groups is 1. The van der Waals surface area contributed by atoms with Gasteiger partial charge in [-0.1, -0.05) is 174 Å². The Morgan fingerprint density at radius 1 is 0.500 bits per heavy atom. The number of esters is 1. The van der Waals surface area contributed by atoms with Crippen LogP contribution >= 0.6 is 7.82 Å². The topological polar surface area (TPSA) is 132 Å². The Labute approximate surface area is 377 Å². The third-order valence-corrected chi connectivity index (χ3v) is 10.1. The molecule has 0 radical (unpaired) electrons. The monoisotopic (exact) mass is 885 g/mol. The highest BCUT2D eigenvalue weighted by Crippen LogP contribution is 2.43. The van der Waals surface area contributed by atoms with Crippen LogP contribution in [0.3, 0.4) is 0 Å². The first-order valence-corrected chi connectivity index (χ1v) is 25.0. The molecule has 352 valence electrons. The van der Waals surface area contributed by atoms with E-state index in [9.17, 15) is 19.4 Å². The first-order chi connectivity index (χ1) is 30.3. The van der Waals surface area contributed by atoms with Crippen LogP contribution in [0.2, 0.25) is 0 Å². The van der Waals surface area contributed by atoms with Gasteiger partial charge < -0.3 is 24.6 Å². The lowest BCUT2D eigenvalue weighted by Gasteiger charge is -2.20. The second-order valence-electron chi connectivity index (χ2n) is 15.0. The van der Waals surface area contributed by atoms with Gasteiger partial charge in [-0.2, -0.15) is 0 Å². The number of unbranched alkanes of at least 4 members (excludes halogenated alkanes) is 9. The van der Waals surface area contributed by atoms with Crippen molar-refractivity contribution in [2.45, 2.75) is 167 Å². The van der Waals surface area contributed by atoms with Crippen molar-refractivity contribution in [3.05, 3.63) is 122 Å². The number of hydrogen-bond acceptors (Lipinski definition) is 8. The zero-order chi connectivity index (χ0) is 45.3. The van der Waals surface area contributed by atoms with Crippen LogP contribution in [0.1, 0.15) is 155 Å². The van der Waals surface area contributed by atoms with Gasteiger partial charge in [-0.25, -0.2) is 4.57 Å². The van der Waals surface area contributed by atoms with Crippen molar-refractivity contribution in [1.29, 1.82) is 0 Å². The molecular formula is C52H85O9P. The van der Waals surface area contributed by atoms with Gasteiger partial charge in [-0.3, -0.25) is 13.8 Å². The van der Waals surface area contributed by atoms with E-state index in [2.05, 4.69) is 135 Å². The van der Waals surface area contributed by atoms with E-state index >= 15 is 0 Å². The average Bonchev–Trinajstić information content (AvgIpc) is 3.26. The molecule has 0 aromatic heterocycles. The minimum absolute atomic E-state index is 0.00294. The van der Waals surface area contributed by atoms with E-state index in [-0.39, 0.29) is 13.0 Å². The number of rotatable bonds is 43. The molecule has 0 spiro atoms. The second kappa shape index (κ2) is 47.3. The summed E-state index contributed by atoms with van der Waals surface area (Å²) in [6.45, 7) is 3.09. The first kappa shape index (κ1) is 58.9. The quantitative estimate of drug-likeness (QED) is 0.0237. The first-order valence-electron chi connectivity index (χ1n) is 23.5. The molecule has 62 heavy (non-hydrogen) atoms. The maximum absolute atomic E-state index is 12.7. The molecule has 3 unspecified atom stereocenters. The zero-order valence-electron chi connectivity index (χ0n) is 38.5. The minimum Gasteiger partial charge on any atom is -0.457 e. The van der Waals surface area contributed by atoms with Crippen LogP contribution in [-0.4, -0.2) is 66.3 Å². The zero-order valence-corrected chi connectivity index (χ0v) is 39.4. The summed E-state index contributed by atoms with van der Waals surface area (Å²) in [4.78, 5) is 22.7. The van der Waals surface area contributed by atoms with Crippen molar-refractivity contribution >= 4 is 13.8 Å². The van der Waals surface area contributed by atoms with Gasteiger partial charge >= 0.3 is 13.8 Å². The van der Waals surface area contributed by atoms with Gasteiger partial charge in [0.1, 0.15) is 12.2 Å². The summed E-state index contributed by atoms with van der Waals surface area (Å²) >= 11 is 0. The van der Waals surface area contributed by atoms with Gasteiger partial charge in [0.2, 0.25) is 0 Å². The number of allylic oxidation sites excluding steroid dienone is 20. The lowest BCUT2D eigenvalue weighted by Crippen LogP contribution is -2.29. The van der Waals surface area contributed by atoms with E-state index < -0.39 is 45.8 Å². The highest BCUT2D eigenvalue weighted by atomic mass is 31.2. The van der Waals surface area contributed by atoms with Crippen LogP contribution in [0.4, 0.5) is 0 Å². The largest absolute Gasteiger partial charge is 0.472 e. The maximum Gasteiger partial charge on any atom is 0.472 e. The molecule has 0 saturated carbocycles. The minimum atomic E-state index is -4.55. The van der Waals surface area contributed by atoms with Crippen LogP contribution in [-0.2, 0) is 27.9 Å². The fourth-order valence-electron chi connectivity index (χ4n) is 5.66. The van der Waals surface area contributed by atoms with Crippen molar-refractivity contribution in [3.63, 3.8) is 0 Å². The molecule has 0 heterocycles. The van der Waals surface area contributed by atoms with Crippen molar-refractivity contribution in [1.82, 2.24) is 0 Å². The summed E-state index contributed by atoms with van der Waals surface area (Å²) in [5.74, 6) is -0.416. The smallest absolute Gasteiger partial charge is 0.457 e. The van der Waals surface area contributed by atoms with Gasteiger partial charge in [-0.15, -0.1) is 0 Å². The Kier molecular flexibility index (Phi) is 44.9.